The number of piperidine rings is 1. The van der Waals surface area contributed by atoms with Gasteiger partial charge in [-0.3, -0.25) is 4.68 Å². The first-order valence-corrected chi connectivity index (χ1v) is 11.6. The SMILES string of the molecule is Cc1ccc2c(B3OC(C)(C)C(C)(C)O3)nn(C3CCN(C(=O)OC(C)(C)C)CC3)c2c1. The summed E-state index contributed by atoms with van der Waals surface area (Å²) in [4.78, 5) is 14.3. The lowest BCUT2D eigenvalue weighted by Gasteiger charge is -2.33. The number of carbonyl (C=O) groups excluding carboxylic acids is 1. The van der Waals surface area contributed by atoms with Crippen molar-refractivity contribution in [2.75, 3.05) is 13.1 Å². The molecule has 2 saturated heterocycles. The second-order valence-electron chi connectivity index (χ2n) is 11.1. The van der Waals surface area contributed by atoms with Crippen LogP contribution in [0.5, 0.6) is 0 Å². The fraction of sp³-hybridized carbons (Fsp3) is 0.667. The van der Waals surface area contributed by atoms with Crippen molar-refractivity contribution in [1.29, 1.82) is 0 Å². The van der Waals surface area contributed by atoms with Crippen LogP contribution in [-0.2, 0) is 14.0 Å². The third kappa shape index (κ3) is 4.27. The summed E-state index contributed by atoms with van der Waals surface area (Å²) in [5.74, 6) is 0. The number of likely N-dealkylation sites (tertiary alicyclic amines) is 1. The molecule has 174 valence electrons. The summed E-state index contributed by atoms with van der Waals surface area (Å²) in [6.07, 6.45) is 1.41. The predicted octanol–water partition coefficient (Wildman–Crippen LogP) is 4.22. The lowest BCUT2D eigenvalue weighted by Crippen LogP contribution is -2.42. The van der Waals surface area contributed by atoms with Crippen molar-refractivity contribution in [3.63, 3.8) is 0 Å². The molecule has 0 unspecified atom stereocenters. The Bertz CT molecular complexity index is 1000. The standard InChI is InChI=1S/C24H36BN3O4/c1-16-9-10-18-19(15-16)28(26-20(18)25-31-23(5,6)24(7,8)32-25)17-11-13-27(14-12-17)21(29)30-22(2,3)4/h9-10,15,17H,11-14H2,1-8H3. The molecule has 0 N–H and O–H groups in total. The van der Waals surface area contributed by atoms with E-state index in [0.29, 0.717) is 13.1 Å². The summed E-state index contributed by atoms with van der Waals surface area (Å²) in [6, 6.07) is 6.60. The largest absolute Gasteiger partial charge is 0.517 e. The van der Waals surface area contributed by atoms with Crippen molar-refractivity contribution < 1.29 is 18.8 Å². The molecular weight excluding hydrogens is 405 g/mol. The molecule has 3 heterocycles. The normalized spacial score (nSPS) is 21.4. The van der Waals surface area contributed by atoms with E-state index in [4.69, 9.17) is 19.1 Å². The van der Waals surface area contributed by atoms with Crippen LogP contribution >= 0.6 is 0 Å². The molecule has 0 saturated carbocycles. The maximum absolute atomic E-state index is 12.5. The van der Waals surface area contributed by atoms with Crippen LogP contribution in [0.4, 0.5) is 4.79 Å². The highest BCUT2D eigenvalue weighted by Crippen LogP contribution is 2.37. The maximum Gasteiger partial charge on any atom is 0.517 e. The van der Waals surface area contributed by atoms with Gasteiger partial charge in [0.15, 0.2) is 0 Å². The summed E-state index contributed by atoms with van der Waals surface area (Å²) >= 11 is 0. The van der Waals surface area contributed by atoms with Gasteiger partial charge in [0.05, 0.1) is 22.8 Å². The molecule has 2 fully saturated rings. The molecule has 1 amide bonds. The lowest BCUT2D eigenvalue weighted by molar-refractivity contribution is 0.00578. The zero-order valence-corrected chi connectivity index (χ0v) is 20.7. The Hall–Kier alpha value is -2.06. The molecule has 7 nitrogen and oxygen atoms in total. The first-order valence-electron chi connectivity index (χ1n) is 11.6. The Kier molecular flexibility index (Phi) is 5.61. The van der Waals surface area contributed by atoms with Crippen LogP contribution in [0.25, 0.3) is 10.9 Å². The highest BCUT2D eigenvalue weighted by atomic mass is 16.7. The first kappa shape index (κ1) is 23.1. The van der Waals surface area contributed by atoms with Gasteiger partial charge in [0, 0.05) is 18.5 Å². The molecule has 1 aromatic carbocycles. The lowest BCUT2D eigenvalue weighted by atomic mass is 9.82. The van der Waals surface area contributed by atoms with Gasteiger partial charge in [0.1, 0.15) is 11.2 Å². The molecule has 4 rings (SSSR count). The van der Waals surface area contributed by atoms with Gasteiger partial charge in [-0.05, 0) is 79.9 Å². The van der Waals surface area contributed by atoms with Crippen LogP contribution in [0.15, 0.2) is 18.2 Å². The number of ether oxygens (including phenoxy) is 1. The first-order chi connectivity index (χ1) is 14.8. The third-order valence-electron chi connectivity index (χ3n) is 6.83. The number of hydrogen-bond acceptors (Lipinski definition) is 5. The monoisotopic (exact) mass is 441 g/mol. The molecule has 1 aromatic heterocycles. The van der Waals surface area contributed by atoms with Crippen molar-refractivity contribution in [3.8, 4) is 0 Å². The van der Waals surface area contributed by atoms with E-state index in [1.54, 1.807) is 4.90 Å². The van der Waals surface area contributed by atoms with Gasteiger partial charge in [-0.15, -0.1) is 0 Å². The van der Waals surface area contributed by atoms with Crippen molar-refractivity contribution in [2.24, 2.45) is 0 Å². The van der Waals surface area contributed by atoms with Gasteiger partial charge < -0.3 is 18.9 Å². The smallest absolute Gasteiger partial charge is 0.444 e. The molecule has 0 aliphatic carbocycles. The topological polar surface area (TPSA) is 65.8 Å². The van der Waals surface area contributed by atoms with Gasteiger partial charge >= 0.3 is 13.2 Å². The minimum atomic E-state index is -0.506. The molecule has 0 bridgehead atoms. The maximum atomic E-state index is 12.5. The van der Waals surface area contributed by atoms with E-state index in [9.17, 15) is 4.79 Å². The van der Waals surface area contributed by atoms with Gasteiger partial charge in [-0.25, -0.2) is 4.79 Å². The Labute approximate surface area is 191 Å². The quantitative estimate of drug-likeness (QED) is 0.653. The second kappa shape index (κ2) is 7.77. The predicted molar refractivity (Wildman–Crippen MR) is 126 cm³/mol. The summed E-state index contributed by atoms with van der Waals surface area (Å²) in [5, 5.41) is 6.09. The number of benzene rings is 1. The molecule has 0 atom stereocenters. The second-order valence-corrected chi connectivity index (χ2v) is 11.1. The van der Waals surface area contributed by atoms with Crippen molar-refractivity contribution >= 4 is 29.7 Å². The molecular formula is C24H36BN3O4. The Morgan fingerprint density at radius 3 is 2.28 bits per heavy atom. The number of rotatable bonds is 2. The van der Waals surface area contributed by atoms with E-state index in [-0.39, 0.29) is 12.1 Å². The number of nitrogens with zero attached hydrogens (tertiary/aromatic N) is 3. The zero-order valence-electron chi connectivity index (χ0n) is 20.7. The fourth-order valence-electron chi connectivity index (χ4n) is 4.30. The van der Waals surface area contributed by atoms with E-state index in [1.807, 2.05) is 20.8 Å². The van der Waals surface area contributed by atoms with Crippen molar-refractivity contribution in [3.05, 3.63) is 23.8 Å². The zero-order chi connectivity index (χ0) is 23.5. The van der Waals surface area contributed by atoms with E-state index in [0.717, 1.165) is 29.3 Å². The summed E-state index contributed by atoms with van der Waals surface area (Å²) in [7, 11) is -0.506. The summed E-state index contributed by atoms with van der Waals surface area (Å²) in [6.45, 7) is 17.3. The number of carbonyl (C=O) groups is 1. The molecule has 0 spiro atoms. The van der Waals surface area contributed by atoms with Crippen LogP contribution in [-0.4, -0.2) is 57.8 Å². The van der Waals surface area contributed by atoms with Crippen LogP contribution in [0, 0.1) is 6.92 Å². The van der Waals surface area contributed by atoms with Crippen LogP contribution in [0.1, 0.15) is 72.9 Å². The summed E-state index contributed by atoms with van der Waals surface area (Å²) in [5.41, 5.74) is 1.78. The van der Waals surface area contributed by atoms with Gasteiger partial charge in [-0.1, -0.05) is 12.1 Å². The average Bonchev–Trinajstić information content (AvgIpc) is 3.14. The Morgan fingerprint density at radius 2 is 1.72 bits per heavy atom. The van der Waals surface area contributed by atoms with Crippen LogP contribution < -0.4 is 5.59 Å². The highest BCUT2D eigenvalue weighted by molar-refractivity contribution is 6.64. The Balaban J connectivity index is 1.60. The number of fused-ring (bicyclic) bond motifs is 1. The fourth-order valence-corrected chi connectivity index (χ4v) is 4.30. The highest BCUT2D eigenvalue weighted by Gasteiger charge is 2.53. The number of aromatic nitrogens is 2. The van der Waals surface area contributed by atoms with E-state index in [1.165, 1.54) is 5.56 Å². The molecule has 2 aromatic rings. The average molecular weight is 441 g/mol. The van der Waals surface area contributed by atoms with Crippen LogP contribution in [0.2, 0.25) is 0 Å². The third-order valence-corrected chi connectivity index (χ3v) is 6.83. The van der Waals surface area contributed by atoms with Crippen molar-refractivity contribution in [2.45, 2.75) is 91.1 Å². The number of aryl methyl sites for hydroxylation is 1. The number of amides is 1. The molecule has 0 radical (unpaired) electrons. The van der Waals surface area contributed by atoms with Gasteiger partial charge in [0.25, 0.3) is 0 Å². The van der Waals surface area contributed by atoms with Crippen molar-refractivity contribution in [1.82, 2.24) is 14.7 Å². The van der Waals surface area contributed by atoms with Crippen LogP contribution in [0.3, 0.4) is 0 Å². The molecule has 2 aliphatic rings. The van der Waals surface area contributed by atoms with E-state index in [2.05, 4.69) is 57.5 Å². The minimum Gasteiger partial charge on any atom is -0.444 e. The number of hydrogen-bond donors (Lipinski definition) is 0. The van der Waals surface area contributed by atoms with E-state index < -0.39 is 23.9 Å². The van der Waals surface area contributed by atoms with Gasteiger partial charge in [0.2, 0.25) is 0 Å². The molecule has 32 heavy (non-hydrogen) atoms. The Morgan fingerprint density at radius 1 is 1.12 bits per heavy atom. The minimum absolute atomic E-state index is 0.203. The summed E-state index contributed by atoms with van der Waals surface area (Å²) < 4.78 is 20.3. The molecule has 8 heteroatoms. The van der Waals surface area contributed by atoms with E-state index >= 15 is 0 Å². The molecule has 2 aliphatic heterocycles. The van der Waals surface area contributed by atoms with Gasteiger partial charge in [-0.2, -0.15) is 5.10 Å².